The minimum absolute atomic E-state index is 0.190. The Morgan fingerprint density at radius 3 is 2.94 bits per heavy atom. The Kier molecular flexibility index (Phi) is 4.25. The third-order valence-corrected chi connectivity index (χ3v) is 2.83. The molecule has 0 N–H and O–H groups in total. The molecule has 1 saturated heterocycles. The molecule has 4 heteroatoms. The van der Waals surface area contributed by atoms with Gasteiger partial charge in [-0.1, -0.05) is 0 Å². The number of pyridine rings is 1. The zero-order valence-electron chi connectivity index (χ0n) is 9.36. The SMILES string of the molecule is Fc1cccnc1CCCN1CCOCC1. The standard InChI is InChI=1S/C12H17FN2O/c13-11-3-1-5-14-12(11)4-2-6-15-7-9-16-10-8-15/h1,3,5H,2,4,6-10H2. The van der Waals surface area contributed by atoms with Crippen LogP contribution in [-0.4, -0.2) is 42.7 Å². The molecule has 0 spiro atoms. The van der Waals surface area contributed by atoms with Gasteiger partial charge >= 0.3 is 0 Å². The summed E-state index contributed by atoms with van der Waals surface area (Å²) in [6.45, 7) is 4.62. The highest BCUT2D eigenvalue weighted by atomic mass is 19.1. The number of morpholine rings is 1. The van der Waals surface area contributed by atoms with Crippen LogP contribution in [0.15, 0.2) is 18.3 Å². The van der Waals surface area contributed by atoms with E-state index in [1.807, 2.05) is 0 Å². The van der Waals surface area contributed by atoms with Crippen molar-refractivity contribution < 1.29 is 9.13 Å². The van der Waals surface area contributed by atoms with Crippen LogP contribution in [0.5, 0.6) is 0 Å². The molecule has 0 atom stereocenters. The summed E-state index contributed by atoms with van der Waals surface area (Å²) in [5.74, 6) is -0.190. The van der Waals surface area contributed by atoms with Crippen molar-refractivity contribution in [1.29, 1.82) is 0 Å². The van der Waals surface area contributed by atoms with Crippen molar-refractivity contribution in [3.8, 4) is 0 Å². The van der Waals surface area contributed by atoms with E-state index in [1.165, 1.54) is 6.07 Å². The number of aryl methyl sites for hydroxylation is 1. The van der Waals surface area contributed by atoms with E-state index in [9.17, 15) is 4.39 Å². The summed E-state index contributed by atoms with van der Waals surface area (Å²) in [7, 11) is 0. The molecule has 2 rings (SSSR count). The fourth-order valence-corrected chi connectivity index (χ4v) is 1.90. The van der Waals surface area contributed by atoms with Gasteiger partial charge in [-0.3, -0.25) is 9.88 Å². The number of halogens is 1. The Morgan fingerprint density at radius 1 is 1.38 bits per heavy atom. The van der Waals surface area contributed by atoms with Crippen LogP contribution in [0.1, 0.15) is 12.1 Å². The van der Waals surface area contributed by atoms with Crippen LogP contribution >= 0.6 is 0 Å². The van der Waals surface area contributed by atoms with Gasteiger partial charge in [0.15, 0.2) is 0 Å². The van der Waals surface area contributed by atoms with Crippen molar-refractivity contribution in [3.63, 3.8) is 0 Å². The van der Waals surface area contributed by atoms with Crippen molar-refractivity contribution in [3.05, 3.63) is 29.8 Å². The minimum Gasteiger partial charge on any atom is -0.379 e. The highest BCUT2D eigenvalue weighted by Crippen LogP contribution is 2.06. The second-order valence-electron chi connectivity index (χ2n) is 3.99. The molecule has 3 nitrogen and oxygen atoms in total. The molecule has 0 amide bonds. The molecule has 88 valence electrons. The Morgan fingerprint density at radius 2 is 2.19 bits per heavy atom. The van der Waals surface area contributed by atoms with Crippen LogP contribution in [-0.2, 0) is 11.2 Å². The molecule has 1 fully saturated rings. The molecular formula is C12H17FN2O. The maximum atomic E-state index is 13.3. The number of nitrogens with zero attached hydrogens (tertiary/aromatic N) is 2. The van der Waals surface area contributed by atoms with Gasteiger partial charge in [-0.25, -0.2) is 4.39 Å². The van der Waals surface area contributed by atoms with E-state index in [0.717, 1.165) is 39.3 Å². The molecule has 1 aromatic rings. The van der Waals surface area contributed by atoms with Crippen LogP contribution in [0.4, 0.5) is 4.39 Å². The maximum Gasteiger partial charge on any atom is 0.144 e. The zero-order valence-corrected chi connectivity index (χ0v) is 9.36. The summed E-state index contributed by atoms with van der Waals surface area (Å²) < 4.78 is 18.5. The predicted molar refractivity (Wildman–Crippen MR) is 59.8 cm³/mol. The molecule has 1 aliphatic heterocycles. The first-order chi connectivity index (χ1) is 7.86. The predicted octanol–water partition coefficient (Wildman–Crippen LogP) is 1.49. The lowest BCUT2D eigenvalue weighted by Crippen LogP contribution is -2.37. The summed E-state index contributed by atoms with van der Waals surface area (Å²) in [6.07, 6.45) is 3.31. The quantitative estimate of drug-likeness (QED) is 0.774. The fourth-order valence-electron chi connectivity index (χ4n) is 1.90. The minimum atomic E-state index is -0.190. The van der Waals surface area contributed by atoms with Crippen molar-refractivity contribution in [1.82, 2.24) is 9.88 Å². The van der Waals surface area contributed by atoms with Crippen molar-refractivity contribution in [2.45, 2.75) is 12.8 Å². The molecule has 0 radical (unpaired) electrons. The van der Waals surface area contributed by atoms with Crippen LogP contribution in [0.2, 0.25) is 0 Å². The average molecular weight is 224 g/mol. The second kappa shape index (κ2) is 5.92. The van der Waals surface area contributed by atoms with E-state index in [2.05, 4.69) is 9.88 Å². The van der Waals surface area contributed by atoms with Gasteiger partial charge in [-0.2, -0.15) is 0 Å². The van der Waals surface area contributed by atoms with Crippen LogP contribution in [0.25, 0.3) is 0 Å². The summed E-state index contributed by atoms with van der Waals surface area (Å²) in [5.41, 5.74) is 0.579. The third kappa shape index (κ3) is 3.25. The lowest BCUT2D eigenvalue weighted by atomic mass is 10.2. The molecule has 16 heavy (non-hydrogen) atoms. The third-order valence-electron chi connectivity index (χ3n) is 2.83. The molecule has 1 aliphatic rings. The van der Waals surface area contributed by atoms with Crippen molar-refractivity contribution in [2.75, 3.05) is 32.8 Å². The van der Waals surface area contributed by atoms with E-state index >= 15 is 0 Å². The van der Waals surface area contributed by atoms with Gasteiger partial charge in [0.1, 0.15) is 5.82 Å². The van der Waals surface area contributed by atoms with Gasteiger partial charge in [0, 0.05) is 19.3 Å². The first kappa shape index (κ1) is 11.5. The van der Waals surface area contributed by atoms with Gasteiger partial charge in [-0.15, -0.1) is 0 Å². The lowest BCUT2D eigenvalue weighted by molar-refractivity contribution is 0.0374. The van der Waals surface area contributed by atoms with Gasteiger partial charge in [0.25, 0.3) is 0 Å². The largest absolute Gasteiger partial charge is 0.379 e. The Bertz CT molecular complexity index is 327. The molecule has 0 aliphatic carbocycles. The average Bonchev–Trinajstić information content (AvgIpc) is 2.33. The summed E-state index contributed by atoms with van der Waals surface area (Å²) in [6, 6.07) is 3.10. The first-order valence-electron chi connectivity index (χ1n) is 5.76. The van der Waals surface area contributed by atoms with Crippen LogP contribution < -0.4 is 0 Å². The van der Waals surface area contributed by atoms with E-state index in [0.29, 0.717) is 12.1 Å². The highest BCUT2D eigenvalue weighted by molar-refractivity contribution is 5.06. The van der Waals surface area contributed by atoms with Crippen LogP contribution in [0.3, 0.4) is 0 Å². The molecule has 2 heterocycles. The van der Waals surface area contributed by atoms with E-state index in [4.69, 9.17) is 4.74 Å². The summed E-state index contributed by atoms with van der Waals surface area (Å²) in [5, 5.41) is 0. The van der Waals surface area contributed by atoms with E-state index in [-0.39, 0.29) is 5.82 Å². The van der Waals surface area contributed by atoms with E-state index < -0.39 is 0 Å². The Hall–Kier alpha value is -1.00. The normalized spacial score (nSPS) is 17.6. The topological polar surface area (TPSA) is 25.4 Å². The number of aromatic nitrogens is 1. The van der Waals surface area contributed by atoms with E-state index in [1.54, 1.807) is 12.3 Å². The lowest BCUT2D eigenvalue weighted by Gasteiger charge is -2.26. The first-order valence-corrected chi connectivity index (χ1v) is 5.76. The Labute approximate surface area is 95.2 Å². The second-order valence-corrected chi connectivity index (χ2v) is 3.99. The highest BCUT2D eigenvalue weighted by Gasteiger charge is 2.10. The van der Waals surface area contributed by atoms with Gasteiger partial charge in [0.05, 0.1) is 18.9 Å². The van der Waals surface area contributed by atoms with Crippen molar-refractivity contribution in [2.24, 2.45) is 0 Å². The smallest absolute Gasteiger partial charge is 0.144 e. The van der Waals surface area contributed by atoms with Gasteiger partial charge in [-0.05, 0) is 31.5 Å². The summed E-state index contributed by atoms with van der Waals surface area (Å²) in [4.78, 5) is 6.39. The fraction of sp³-hybridized carbons (Fsp3) is 0.583. The molecule has 0 saturated carbocycles. The van der Waals surface area contributed by atoms with Crippen LogP contribution in [0, 0.1) is 5.82 Å². The number of ether oxygens (including phenoxy) is 1. The van der Waals surface area contributed by atoms with Gasteiger partial charge < -0.3 is 4.74 Å². The van der Waals surface area contributed by atoms with Crippen molar-refractivity contribution >= 4 is 0 Å². The number of rotatable bonds is 4. The molecule has 1 aromatic heterocycles. The maximum absolute atomic E-state index is 13.3. The number of hydrogen-bond acceptors (Lipinski definition) is 3. The molecule has 0 bridgehead atoms. The summed E-state index contributed by atoms with van der Waals surface area (Å²) >= 11 is 0. The number of hydrogen-bond donors (Lipinski definition) is 0. The molecule has 0 unspecified atom stereocenters. The Balaban J connectivity index is 1.73. The molecular weight excluding hydrogens is 207 g/mol. The molecule has 0 aromatic carbocycles. The monoisotopic (exact) mass is 224 g/mol. The zero-order chi connectivity index (χ0) is 11.2. The van der Waals surface area contributed by atoms with Gasteiger partial charge in [0.2, 0.25) is 0 Å².